The Bertz CT molecular complexity index is 396. The van der Waals surface area contributed by atoms with Crippen LogP contribution in [-0.2, 0) is 9.53 Å². The highest BCUT2D eigenvalue weighted by molar-refractivity contribution is 5.73. The van der Waals surface area contributed by atoms with E-state index in [0.29, 0.717) is 12.2 Å². The first-order valence-electron chi connectivity index (χ1n) is 4.97. The van der Waals surface area contributed by atoms with Gasteiger partial charge in [0.1, 0.15) is 11.5 Å². The van der Waals surface area contributed by atoms with Gasteiger partial charge in [0.15, 0.2) is 0 Å². The summed E-state index contributed by atoms with van der Waals surface area (Å²) in [5.74, 6) is -0.336. The molecule has 0 heterocycles. The number of benzene rings is 1. The number of carbonyl (C=O) groups excluding carboxylic acids is 1. The van der Waals surface area contributed by atoms with Crippen molar-refractivity contribution in [1.82, 2.24) is 0 Å². The second-order valence-corrected chi connectivity index (χ2v) is 3.15. The standard InChI is InChI=1S/C12H14O4/c1-2-16-12(15)5-3-4-9-6-7-10(13)8-11(9)14/h3-4,6-8,13-14H,2,5H2,1H3. The van der Waals surface area contributed by atoms with Gasteiger partial charge in [0, 0.05) is 11.6 Å². The summed E-state index contributed by atoms with van der Waals surface area (Å²) < 4.78 is 4.74. The molecule has 0 aliphatic carbocycles. The van der Waals surface area contributed by atoms with Crippen molar-refractivity contribution in [1.29, 1.82) is 0 Å². The van der Waals surface area contributed by atoms with Gasteiger partial charge >= 0.3 is 5.97 Å². The fourth-order valence-electron chi connectivity index (χ4n) is 1.18. The van der Waals surface area contributed by atoms with Gasteiger partial charge in [-0.2, -0.15) is 0 Å². The van der Waals surface area contributed by atoms with Crippen LogP contribution in [0, 0.1) is 0 Å². The number of phenols is 2. The lowest BCUT2D eigenvalue weighted by molar-refractivity contribution is -0.142. The molecule has 86 valence electrons. The largest absolute Gasteiger partial charge is 0.508 e. The number of ether oxygens (including phenoxy) is 1. The third-order valence-corrected chi connectivity index (χ3v) is 1.90. The maximum atomic E-state index is 11.0. The normalized spacial score (nSPS) is 10.6. The highest BCUT2D eigenvalue weighted by Crippen LogP contribution is 2.23. The molecule has 4 heteroatoms. The van der Waals surface area contributed by atoms with Gasteiger partial charge < -0.3 is 14.9 Å². The Hall–Kier alpha value is -1.97. The van der Waals surface area contributed by atoms with E-state index in [2.05, 4.69) is 0 Å². The van der Waals surface area contributed by atoms with E-state index in [1.165, 1.54) is 12.1 Å². The maximum absolute atomic E-state index is 11.0. The highest BCUT2D eigenvalue weighted by Gasteiger charge is 2.00. The zero-order valence-corrected chi connectivity index (χ0v) is 9.01. The van der Waals surface area contributed by atoms with E-state index >= 15 is 0 Å². The highest BCUT2D eigenvalue weighted by atomic mass is 16.5. The molecule has 0 spiro atoms. The van der Waals surface area contributed by atoms with E-state index in [1.54, 1.807) is 25.1 Å². The SMILES string of the molecule is CCOC(=O)CC=Cc1ccc(O)cc1O. The molecule has 0 amide bonds. The van der Waals surface area contributed by atoms with Gasteiger partial charge in [-0.1, -0.05) is 12.2 Å². The van der Waals surface area contributed by atoms with Crippen molar-refractivity contribution in [3.8, 4) is 11.5 Å². The molecule has 0 bridgehead atoms. The minimum absolute atomic E-state index is 0.0000395. The monoisotopic (exact) mass is 222 g/mol. The topological polar surface area (TPSA) is 66.8 Å². The van der Waals surface area contributed by atoms with Crippen LogP contribution in [-0.4, -0.2) is 22.8 Å². The summed E-state index contributed by atoms with van der Waals surface area (Å²) in [6, 6.07) is 4.26. The number of hydrogen-bond acceptors (Lipinski definition) is 4. The van der Waals surface area contributed by atoms with Crippen molar-refractivity contribution in [3.05, 3.63) is 29.8 Å². The lowest BCUT2D eigenvalue weighted by Crippen LogP contribution is -2.01. The predicted octanol–water partition coefficient (Wildman–Crippen LogP) is 2.06. The van der Waals surface area contributed by atoms with Crippen molar-refractivity contribution >= 4 is 12.0 Å². The molecule has 1 aromatic rings. The Balaban J connectivity index is 2.59. The lowest BCUT2D eigenvalue weighted by Gasteiger charge is -2.00. The third-order valence-electron chi connectivity index (χ3n) is 1.90. The fourth-order valence-corrected chi connectivity index (χ4v) is 1.18. The summed E-state index contributed by atoms with van der Waals surface area (Å²) >= 11 is 0. The van der Waals surface area contributed by atoms with Gasteiger partial charge in [0.25, 0.3) is 0 Å². The number of carbonyl (C=O) groups is 1. The molecule has 0 unspecified atom stereocenters. The van der Waals surface area contributed by atoms with Gasteiger partial charge in [-0.25, -0.2) is 0 Å². The molecule has 0 saturated carbocycles. The summed E-state index contributed by atoms with van der Waals surface area (Å²) in [6.07, 6.45) is 3.37. The number of rotatable bonds is 4. The van der Waals surface area contributed by atoms with Crippen LogP contribution < -0.4 is 0 Å². The molecular weight excluding hydrogens is 208 g/mol. The van der Waals surface area contributed by atoms with Crippen LogP contribution in [0.1, 0.15) is 18.9 Å². The molecule has 0 aliphatic rings. The summed E-state index contributed by atoms with van der Waals surface area (Å²) in [6.45, 7) is 2.10. The molecule has 1 aromatic carbocycles. The van der Waals surface area contributed by atoms with Crippen molar-refractivity contribution < 1.29 is 19.7 Å². The van der Waals surface area contributed by atoms with Gasteiger partial charge in [-0.15, -0.1) is 0 Å². The Morgan fingerprint density at radius 2 is 2.19 bits per heavy atom. The van der Waals surface area contributed by atoms with Gasteiger partial charge in [0.2, 0.25) is 0 Å². The first-order valence-corrected chi connectivity index (χ1v) is 4.97. The molecule has 16 heavy (non-hydrogen) atoms. The van der Waals surface area contributed by atoms with Crippen LogP contribution in [0.2, 0.25) is 0 Å². The van der Waals surface area contributed by atoms with Crippen LogP contribution in [0.25, 0.3) is 6.08 Å². The fraction of sp³-hybridized carbons (Fsp3) is 0.250. The number of phenolic OH excluding ortho intramolecular Hbond substituents is 2. The Morgan fingerprint density at radius 1 is 1.44 bits per heavy atom. The number of esters is 1. The Morgan fingerprint density at radius 3 is 2.81 bits per heavy atom. The maximum Gasteiger partial charge on any atom is 0.309 e. The molecular formula is C12H14O4. The van der Waals surface area contributed by atoms with E-state index in [9.17, 15) is 9.90 Å². The van der Waals surface area contributed by atoms with E-state index < -0.39 is 0 Å². The number of aromatic hydroxyl groups is 2. The third kappa shape index (κ3) is 3.65. The summed E-state index contributed by atoms with van der Waals surface area (Å²) in [5.41, 5.74) is 0.544. The average molecular weight is 222 g/mol. The molecule has 0 aliphatic heterocycles. The predicted molar refractivity (Wildman–Crippen MR) is 60.1 cm³/mol. The summed E-state index contributed by atoms with van der Waals surface area (Å²) in [5, 5.41) is 18.5. The zero-order valence-electron chi connectivity index (χ0n) is 9.01. The van der Waals surface area contributed by atoms with Crippen molar-refractivity contribution in [3.63, 3.8) is 0 Å². The Kier molecular flexibility index (Phi) is 4.39. The summed E-state index contributed by atoms with van der Waals surface area (Å²) in [4.78, 5) is 11.0. The first-order chi connectivity index (χ1) is 7.63. The second-order valence-electron chi connectivity index (χ2n) is 3.15. The van der Waals surface area contributed by atoms with E-state index in [1.807, 2.05) is 0 Å². The minimum Gasteiger partial charge on any atom is -0.508 e. The molecule has 2 N–H and O–H groups in total. The zero-order chi connectivity index (χ0) is 12.0. The van der Waals surface area contributed by atoms with E-state index in [0.717, 1.165) is 0 Å². The average Bonchev–Trinajstić information content (AvgIpc) is 2.22. The Labute approximate surface area is 93.8 Å². The lowest BCUT2D eigenvalue weighted by atomic mass is 10.1. The molecule has 0 aromatic heterocycles. The quantitative estimate of drug-likeness (QED) is 0.765. The van der Waals surface area contributed by atoms with Crippen LogP contribution in [0.3, 0.4) is 0 Å². The van der Waals surface area contributed by atoms with Crippen LogP contribution in [0.15, 0.2) is 24.3 Å². The van der Waals surface area contributed by atoms with Gasteiger partial charge in [-0.05, 0) is 19.1 Å². The van der Waals surface area contributed by atoms with Crippen LogP contribution in [0.4, 0.5) is 0 Å². The van der Waals surface area contributed by atoms with Crippen molar-refractivity contribution in [2.75, 3.05) is 6.61 Å². The molecule has 0 saturated heterocycles. The summed E-state index contributed by atoms with van der Waals surface area (Å²) in [7, 11) is 0. The van der Waals surface area contributed by atoms with Crippen LogP contribution in [0.5, 0.6) is 11.5 Å². The van der Waals surface area contributed by atoms with Crippen LogP contribution >= 0.6 is 0 Å². The number of hydrogen-bond donors (Lipinski definition) is 2. The molecule has 0 atom stereocenters. The molecule has 1 rings (SSSR count). The first kappa shape index (κ1) is 12.1. The van der Waals surface area contributed by atoms with Crippen molar-refractivity contribution in [2.45, 2.75) is 13.3 Å². The molecule has 0 fully saturated rings. The van der Waals surface area contributed by atoms with E-state index in [-0.39, 0.29) is 23.9 Å². The van der Waals surface area contributed by atoms with Gasteiger partial charge in [0.05, 0.1) is 13.0 Å². The second kappa shape index (κ2) is 5.80. The molecule has 0 radical (unpaired) electrons. The van der Waals surface area contributed by atoms with Gasteiger partial charge in [-0.3, -0.25) is 4.79 Å². The smallest absolute Gasteiger partial charge is 0.309 e. The minimum atomic E-state index is -0.308. The van der Waals surface area contributed by atoms with E-state index in [4.69, 9.17) is 9.84 Å². The van der Waals surface area contributed by atoms with Crippen molar-refractivity contribution in [2.24, 2.45) is 0 Å². The molecule has 4 nitrogen and oxygen atoms in total.